The number of carbonyl (C=O) groups is 2. The first-order valence-electron chi connectivity index (χ1n) is 6.74. The minimum absolute atomic E-state index is 0.0208. The number of hydrogen-bond donors (Lipinski definition) is 1. The van der Waals surface area contributed by atoms with E-state index in [9.17, 15) is 19.7 Å². The number of hydrogen-bond acceptors (Lipinski definition) is 7. The van der Waals surface area contributed by atoms with E-state index < -0.39 is 16.8 Å². The molecule has 0 aliphatic carbocycles. The molecule has 0 unspecified atom stereocenters. The summed E-state index contributed by atoms with van der Waals surface area (Å²) in [6.45, 7) is 3.52. The van der Waals surface area contributed by atoms with Gasteiger partial charge in [0, 0.05) is 24.2 Å². The molecule has 0 saturated carbocycles. The van der Waals surface area contributed by atoms with Crippen molar-refractivity contribution in [2.24, 2.45) is 0 Å². The summed E-state index contributed by atoms with van der Waals surface area (Å²) in [6.07, 6.45) is -0.202. The van der Waals surface area contributed by atoms with Crippen molar-refractivity contribution < 1.29 is 19.6 Å². The fourth-order valence-corrected chi connectivity index (χ4v) is 2.65. The summed E-state index contributed by atoms with van der Waals surface area (Å²) in [5, 5.41) is 19.9. The lowest BCUT2D eigenvalue weighted by atomic mass is 10.1. The molecule has 9 nitrogen and oxygen atoms in total. The van der Waals surface area contributed by atoms with Gasteiger partial charge in [-0.1, -0.05) is 0 Å². The molecular weight excluding hydrogens is 324 g/mol. The van der Waals surface area contributed by atoms with E-state index in [2.05, 4.69) is 8.75 Å². The fraction of sp³-hybridized carbons (Fsp3) is 0.385. The van der Waals surface area contributed by atoms with Crippen molar-refractivity contribution in [3.05, 3.63) is 27.8 Å². The first-order chi connectivity index (χ1) is 10.8. The topological polar surface area (TPSA) is 127 Å². The maximum absolute atomic E-state index is 12.6. The van der Waals surface area contributed by atoms with Crippen LogP contribution in [0.3, 0.4) is 0 Å². The second kappa shape index (κ2) is 6.65. The molecule has 0 saturated heterocycles. The van der Waals surface area contributed by atoms with Gasteiger partial charge in [0.1, 0.15) is 5.52 Å². The van der Waals surface area contributed by atoms with Crippen LogP contribution in [-0.4, -0.2) is 48.1 Å². The molecule has 0 radical (unpaired) electrons. The van der Waals surface area contributed by atoms with Crippen LogP contribution in [0.15, 0.2) is 12.1 Å². The van der Waals surface area contributed by atoms with E-state index in [4.69, 9.17) is 5.11 Å². The number of fused-ring (bicyclic) bond motifs is 1. The Kier molecular flexibility index (Phi) is 4.84. The van der Waals surface area contributed by atoms with Crippen molar-refractivity contribution in [3.63, 3.8) is 0 Å². The summed E-state index contributed by atoms with van der Waals surface area (Å²) < 4.78 is 7.81. The number of non-ortho nitro benzene ring substituents is 1. The first kappa shape index (κ1) is 16.7. The Bertz CT molecular complexity index is 773. The van der Waals surface area contributed by atoms with Gasteiger partial charge in [-0.05, 0) is 19.9 Å². The lowest BCUT2D eigenvalue weighted by Crippen LogP contribution is -2.38. The molecule has 1 aromatic heterocycles. The van der Waals surface area contributed by atoms with Gasteiger partial charge >= 0.3 is 5.97 Å². The Hall–Kier alpha value is -2.62. The molecule has 10 heteroatoms. The molecule has 1 N–H and O–H groups in total. The van der Waals surface area contributed by atoms with E-state index in [0.717, 1.165) is 17.8 Å². The van der Waals surface area contributed by atoms with Gasteiger partial charge in [-0.2, -0.15) is 8.75 Å². The van der Waals surface area contributed by atoms with Gasteiger partial charge in [-0.15, -0.1) is 0 Å². The molecule has 0 aliphatic heterocycles. The van der Waals surface area contributed by atoms with E-state index in [1.54, 1.807) is 13.8 Å². The molecule has 122 valence electrons. The van der Waals surface area contributed by atoms with Crippen molar-refractivity contribution in [1.82, 2.24) is 13.6 Å². The number of carboxylic acid groups (broad SMARTS) is 1. The van der Waals surface area contributed by atoms with E-state index in [1.165, 1.54) is 11.0 Å². The highest BCUT2D eigenvalue weighted by Gasteiger charge is 2.24. The van der Waals surface area contributed by atoms with Gasteiger partial charge in [0.15, 0.2) is 5.52 Å². The van der Waals surface area contributed by atoms with Crippen molar-refractivity contribution in [2.75, 3.05) is 6.54 Å². The van der Waals surface area contributed by atoms with Gasteiger partial charge < -0.3 is 10.0 Å². The summed E-state index contributed by atoms with van der Waals surface area (Å²) in [7, 11) is 0. The minimum atomic E-state index is -1.02. The van der Waals surface area contributed by atoms with Crippen LogP contribution in [0.25, 0.3) is 11.0 Å². The highest BCUT2D eigenvalue weighted by molar-refractivity contribution is 7.00. The number of carbonyl (C=O) groups excluding carboxylic acids is 1. The third-order valence-electron chi connectivity index (χ3n) is 3.24. The van der Waals surface area contributed by atoms with Crippen LogP contribution in [-0.2, 0) is 4.79 Å². The Labute approximate surface area is 135 Å². The zero-order valence-electron chi connectivity index (χ0n) is 12.4. The van der Waals surface area contributed by atoms with Crippen LogP contribution in [0, 0.1) is 10.1 Å². The van der Waals surface area contributed by atoms with E-state index >= 15 is 0 Å². The molecule has 0 spiro atoms. The number of aromatic nitrogens is 2. The third kappa shape index (κ3) is 3.59. The van der Waals surface area contributed by atoms with E-state index in [1.807, 2.05) is 0 Å². The second-order valence-corrected chi connectivity index (χ2v) is 5.65. The summed E-state index contributed by atoms with van der Waals surface area (Å²) >= 11 is 0.827. The van der Waals surface area contributed by atoms with Crippen LogP contribution in [0.5, 0.6) is 0 Å². The highest BCUT2D eigenvalue weighted by atomic mass is 32.1. The maximum Gasteiger partial charge on any atom is 0.305 e. The van der Waals surface area contributed by atoms with Crippen LogP contribution in [0.2, 0.25) is 0 Å². The Morgan fingerprint density at radius 2 is 2.09 bits per heavy atom. The Morgan fingerprint density at radius 1 is 1.39 bits per heavy atom. The molecule has 0 bridgehead atoms. The minimum Gasteiger partial charge on any atom is -0.481 e. The molecule has 0 atom stereocenters. The van der Waals surface area contributed by atoms with Gasteiger partial charge in [-0.3, -0.25) is 19.7 Å². The largest absolute Gasteiger partial charge is 0.481 e. The number of carboxylic acids is 1. The number of amides is 1. The summed E-state index contributed by atoms with van der Waals surface area (Å²) in [4.78, 5) is 35.2. The molecule has 1 heterocycles. The smallest absolute Gasteiger partial charge is 0.305 e. The molecule has 0 fully saturated rings. The monoisotopic (exact) mass is 338 g/mol. The van der Waals surface area contributed by atoms with Gasteiger partial charge in [-0.25, -0.2) is 0 Å². The van der Waals surface area contributed by atoms with Crippen molar-refractivity contribution in [3.8, 4) is 0 Å². The Morgan fingerprint density at radius 3 is 2.65 bits per heavy atom. The lowest BCUT2D eigenvalue weighted by Gasteiger charge is -2.26. The van der Waals surface area contributed by atoms with Crippen LogP contribution < -0.4 is 0 Å². The molecule has 1 amide bonds. The number of nitro benzene ring substituents is 1. The standard InChI is InChI=1S/C13H14N4O5S/c1-7(2)16(4-3-11(18)19)13(20)8-5-9-12(15-23-14-9)10(6-8)17(21)22/h5-7H,3-4H2,1-2H3,(H,18,19). The predicted octanol–water partition coefficient (Wildman–Crippen LogP) is 1.92. The number of aliphatic carboxylic acids is 1. The molecule has 23 heavy (non-hydrogen) atoms. The highest BCUT2D eigenvalue weighted by Crippen LogP contribution is 2.26. The predicted molar refractivity (Wildman–Crippen MR) is 82.5 cm³/mol. The van der Waals surface area contributed by atoms with Crippen LogP contribution in [0.4, 0.5) is 5.69 Å². The van der Waals surface area contributed by atoms with E-state index in [-0.39, 0.29) is 41.3 Å². The fourth-order valence-electron chi connectivity index (χ4n) is 2.11. The SMILES string of the molecule is CC(C)N(CCC(=O)O)C(=O)c1cc([N+](=O)[O-])c2nsnc2c1. The van der Waals surface area contributed by atoms with Gasteiger partial charge in [0.25, 0.3) is 11.6 Å². The van der Waals surface area contributed by atoms with Crippen molar-refractivity contribution in [2.45, 2.75) is 26.3 Å². The first-order valence-corrected chi connectivity index (χ1v) is 7.47. The van der Waals surface area contributed by atoms with Gasteiger partial charge in [0.2, 0.25) is 0 Å². The molecular formula is C13H14N4O5S. The summed E-state index contributed by atoms with van der Waals surface area (Å²) in [6, 6.07) is 2.34. The van der Waals surface area contributed by atoms with Crippen LogP contribution >= 0.6 is 11.7 Å². The van der Waals surface area contributed by atoms with Crippen molar-refractivity contribution in [1.29, 1.82) is 0 Å². The number of benzene rings is 1. The number of rotatable bonds is 6. The average molecular weight is 338 g/mol. The van der Waals surface area contributed by atoms with Crippen LogP contribution in [0.1, 0.15) is 30.6 Å². The quantitative estimate of drug-likeness (QED) is 0.629. The zero-order valence-corrected chi connectivity index (χ0v) is 13.2. The normalized spacial score (nSPS) is 10.9. The summed E-state index contributed by atoms with van der Waals surface area (Å²) in [5.74, 6) is -1.49. The molecule has 0 aliphatic rings. The molecule has 1 aromatic carbocycles. The Balaban J connectivity index is 2.42. The molecule has 2 aromatic rings. The maximum atomic E-state index is 12.6. The lowest BCUT2D eigenvalue weighted by molar-refractivity contribution is -0.383. The third-order valence-corrected chi connectivity index (χ3v) is 3.78. The zero-order chi connectivity index (χ0) is 17.1. The van der Waals surface area contributed by atoms with E-state index in [0.29, 0.717) is 0 Å². The molecule has 2 rings (SSSR count). The number of nitrogens with zero attached hydrogens (tertiary/aromatic N) is 4. The number of nitro groups is 1. The van der Waals surface area contributed by atoms with Gasteiger partial charge in [0.05, 0.1) is 23.1 Å². The average Bonchev–Trinajstić information content (AvgIpc) is 2.93. The van der Waals surface area contributed by atoms with Crippen molar-refractivity contribution >= 4 is 40.3 Å². The second-order valence-electron chi connectivity index (χ2n) is 5.12. The summed E-state index contributed by atoms with van der Waals surface area (Å²) in [5.41, 5.74) is 0.213.